The molecule has 0 saturated heterocycles. The predicted octanol–water partition coefficient (Wildman–Crippen LogP) is 4.72. The molecule has 0 aliphatic carbocycles. The number of carbonyl (C=O) groups excluding carboxylic acids is 1. The molecule has 0 spiro atoms. The lowest BCUT2D eigenvalue weighted by molar-refractivity contribution is 0.0912. The van der Waals surface area contributed by atoms with E-state index in [1.54, 1.807) is 30.2 Å². The average Bonchev–Trinajstić information content (AvgIpc) is 3.20. The van der Waals surface area contributed by atoms with E-state index in [-0.39, 0.29) is 16.9 Å². The van der Waals surface area contributed by atoms with E-state index < -0.39 is 42.2 Å². The highest BCUT2D eigenvalue weighted by molar-refractivity contribution is 5.95. The third-order valence-corrected chi connectivity index (χ3v) is 6.07. The van der Waals surface area contributed by atoms with Gasteiger partial charge < -0.3 is 16.2 Å². The molecule has 192 valence electrons. The Balaban J connectivity index is 1.61. The molecule has 0 bridgehead atoms. The molecule has 1 atom stereocenters. The third-order valence-electron chi connectivity index (χ3n) is 6.07. The minimum Gasteiger partial charge on any atom is -0.394 e. The number of aryl methyl sites for hydroxylation is 1. The van der Waals surface area contributed by atoms with Crippen molar-refractivity contribution >= 4 is 11.7 Å². The summed E-state index contributed by atoms with van der Waals surface area (Å²) in [5.41, 5.74) is 8.25. The van der Waals surface area contributed by atoms with E-state index in [4.69, 9.17) is 5.73 Å². The van der Waals surface area contributed by atoms with Gasteiger partial charge in [0.05, 0.1) is 24.4 Å². The number of aliphatic hydroxyl groups is 1. The number of anilines is 1. The zero-order valence-electron chi connectivity index (χ0n) is 19.8. The van der Waals surface area contributed by atoms with Crippen LogP contribution >= 0.6 is 0 Å². The first-order chi connectivity index (χ1) is 17.6. The van der Waals surface area contributed by atoms with Gasteiger partial charge in [0.2, 0.25) is 0 Å². The fourth-order valence-corrected chi connectivity index (χ4v) is 3.94. The van der Waals surface area contributed by atoms with Gasteiger partial charge in [-0.25, -0.2) is 22.5 Å². The Morgan fingerprint density at radius 1 is 1.05 bits per heavy atom. The molecule has 4 aromatic rings. The fourth-order valence-electron chi connectivity index (χ4n) is 3.94. The Bertz CT molecular complexity index is 1470. The summed E-state index contributed by atoms with van der Waals surface area (Å²) in [4.78, 5) is 17.0. The van der Waals surface area contributed by atoms with Crippen molar-refractivity contribution in [3.8, 4) is 22.3 Å². The topological polar surface area (TPSA) is 106 Å². The molecule has 7 nitrogen and oxygen atoms in total. The lowest BCUT2D eigenvalue weighted by atomic mass is 9.99. The quantitative estimate of drug-likeness (QED) is 0.310. The summed E-state index contributed by atoms with van der Waals surface area (Å²) < 4.78 is 56.6. The molecule has 0 aliphatic rings. The van der Waals surface area contributed by atoms with Crippen molar-refractivity contribution in [3.63, 3.8) is 0 Å². The minimum absolute atomic E-state index is 0.0791. The van der Waals surface area contributed by atoms with Crippen LogP contribution in [0.5, 0.6) is 0 Å². The van der Waals surface area contributed by atoms with Crippen LogP contribution in [-0.2, 0) is 7.05 Å². The highest BCUT2D eigenvalue weighted by Gasteiger charge is 2.21. The first kappa shape index (κ1) is 25.8. The van der Waals surface area contributed by atoms with Crippen molar-refractivity contribution < 1.29 is 27.5 Å². The maximum Gasteiger partial charge on any atom is 0.263 e. The number of rotatable bonds is 7. The van der Waals surface area contributed by atoms with Crippen LogP contribution in [-0.4, -0.2) is 32.4 Å². The van der Waals surface area contributed by atoms with Crippen LogP contribution in [0.4, 0.5) is 23.4 Å². The number of amides is 1. The second-order valence-electron chi connectivity index (χ2n) is 8.45. The molecule has 4 rings (SSSR count). The number of nitrogens with one attached hydrogen (secondary N) is 1. The number of hydrogen-bond donors (Lipinski definition) is 3. The molecule has 4 N–H and O–H groups in total. The first-order valence-electron chi connectivity index (χ1n) is 11.1. The predicted molar refractivity (Wildman–Crippen MR) is 130 cm³/mol. The van der Waals surface area contributed by atoms with Gasteiger partial charge in [-0.3, -0.25) is 9.48 Å². The van der Waals surface area contributed by atoms with Crippen LogP contribution in [0, 0.1) is 18.6 Å². The Kier molecular flexibility index (Phi) is 7.25. The lowest BCUT2D eigenvalue weighted by Gasteiger charge is -2.18. The average molecular weight is 513 g/mol. The molecule has 1 amide bonds. The Labute approximate surface area is 209 Å². The van der Waals surface area contributed by atoms with E-state index in [0.29, 0.717) is 17.2 Å². The SMILES string of the molecule is Cc1c(-c2cnc(N)c(-c3ccc(C(=O)N[C@H](CO)c4cc(F)cc(C(F)F)c4)c(F)c3)c2)cnn1C. The van der Waals surface area contributed by atoms with Gasteiger partial charge in [0.15, 0.2) is 0 Å². The van der Waals surface area contributed by atoms with Gasteiger partial charge in [-0.2, -0.15) is 5.10 Å². The normalized spacial score (nSPS) is 12.1. The molecular weight excluding hydrogens is 490 g/mol. The minimum atomic E-state index is -2.95. The van der Waals surface area contributed by atoms with Gasteiger partial charge in [0.25, 0.3) is 12.3 Å². The van der Waals surface area contributed by atoms with Gasteiger partial charge in [0, 0.05) is 41.2 Å². The summed E-state index contributed by atoms with van der Waals surface area (Å²) in [6.07, 6.45) is 0.319. The number of benzene rings is 2. The molecule has 11 heteroatoms. The smallest absolute Gasteiger partial charge is 0.263 e. The molecule has 0 radical (unpaired) electrons. The second-order valence-corrected chi connectivity index (χ2v) is 8.45. The summed E-state index contributed by atoms with van der Waals surface area (Å²) in [6.45, 7) is 1.17. The number of aromatic nitrogens is 3. The molecule has 2 aromatic carbocycles. The lowest BCUT2D eigenvalue weighted by Crippen LogP contribution is -2.31. The van der Waals surface area contributed by atoms with Gasteiger partial charge in [0.1, 0.15) is 17.5 Å². The van der Waals surface area contributed by atoms with E-state index in [9.17, 15) is 23.1 Å². The molecule has 2 heterocycles. The van der Waals surface area contributed by atoms with Crippen molar-refractivity contribution in [1.82, 2.24) is 20.1 Å². The standard InChI is InChI=1S/C26H23F4N5O2/c1-13-21(11-33-35(13)2)17-8-20(25(31)32-10-17)14-3-4-19(22(28)9-14)26(37)34-23(12-36)15-5-16(24(29)30)7-18(27)6-15/h3-11,23-24,36H,12H2,1-2H3,(H2,31,32)(H,34,37)/t23-/m1/s1. The third kappa shape index (κ3) is 5.31. The number of nitrogens with zero attached hydrogens (tertiary/aromatic N) is 3. The number of alkyl halides is 2. The summed E-state index contributed by atoms with van der Waals surface area (Å²) >= 11 is 0. The van der Waals surface area contributed by atoms with E-state index in [2.05, 4.69) is 15.4 Å². The molecule has 0 aliphatic heterocycles. The van der Waals surface area contributed by atoms with Crippen molar-refractivity contribution in [2.75, 3.05) is 12.3 Å². The second kappa shape index (κ2) is 10.4. The number of nitrogens with two attached hydrogens (primary N) is 1. The van der Waals surface area contributed by atoms with Crippen molar-refractivity contribution in [2.45, 2.75) is 19.4 Å². The highest BCUT2D eigenvalue weighted by atomic mass is 19.3. The maximum atomic E-state index is 15.0. The molecule has 2 aromatic heterocycles. The summed E-state index contributed by atoms with van der Waals surface area (Å²) in [6, 6.07) is 6.89. The van der Waals surface area contributed by atoms with Crippen LogP contribution in [0.1, 0.15) is 39.6 Å². The zero-order chi connectivity index (χ0) is 26.9. The molecule has 37 heavy (non-hydrogen) atoms. The number of hydrogen-bond acceptors (Lipinski definition) is 5. The van der Waals surface area contributed by atoms with Gasteiger partial charge >= 0.3 is 0 Å². The van der Waals surface area contributed by atoms with Gasteiger partial charge in [-0.15, -0.1) is 0 Å². The van der Waals surface area contributed by atoms with E-state index in [0.717, 1.165) is 35.0 Å². The molecular formula is C26H23F4N5O2. The van der Waals surface area contributed by atoms with Crippen molar-refractivity contribution in [2.24, 2.45) is 7.05 Å². The Hall–Kier alpha value is -4.25. The number of carbonyl (C=O) groups is 1. The summed E-state index contributed by atoms with van der Waals surface area (Å²) in [5, 5.41) is 16.3. The zero-order valence-corrected chi connectivity index (χ0v) is 19.8. The van der Waals surface area contributed by atoms with E-state index in [1.165, 1.54) is 12.1 Å². The van der Waals surface area contributed by atoms with Crippen LogP contribution in [0.3, 0.4) is 0 Å². The maximum absolute atomic E-state index is 15.0. The molecule has 0 saturated carbocycles. The van der Waals surface area contributed by atoms with E-state index >= 15 is 4.39 Å². The summed E-state index contributed by atoms with van der Waals surface area (Å²) in [7, 11) is 1.80. The van der Waals surface area contributed by atoms with Crippen LogP contribution in [0.2, 0.25) is 0 Å². The summed E-state index contributed by atoms with van der Waals surface area (Å²) in [5.74, 6) is -2.60. The Morgan fingerprint density at radius 3 is 2.41 bits per heavy atom. The monoisotopic (exact) mass is 513 g/mol. The van der Waals surface area contributed by atoms with Gasteiger partial charge in [-0.05, 0) is 54.4 Å². The number of pyridine rings is 1. The van der Waals surface area contributed by atoms with Gasteiger partial charge in [-0.1, -0.05) is 6.07 Å². The van der Waals surface area contributed by atoms with E-state index in [1.807, 2.05) is 6.92 Å². The number of aliphatic hydroxyl groups excluding tert-OH is 1. The first-order valence-corrected chi connectivity index (χ1v) is 11.1. The van der Waals surface area contributed by atoms with Crippen LogP contribution in [0.25, 0.3) is 22.3 Å². The number of halogens is 4. The van der Waals surface area contributed by atoms with Crippen molar-refractivity contribution in [3.05, 3.63) is 88.9 Å². The van der Waals surface area contributed by atoms with Crippen molar-refractivity contribution in [1.29, 1.82) is 0 Å². The fraction of sp³-hybridized carbons (Fsp3) is 0.192. The Morgan fingerprint density at radius 2 is 1.78 bits per heavy atom. The van der Waals surface area contributed by atoms with Crippen LogP contribution < -0.4 is 11.1 Å². The highest BCUT2D eigenvalue weighted by Crippen LogP contribution is 2.32. The molecule has 0 unspecified atom stereocenters. The number of nitrogen functional groups attached to an aromatic ring is 1. The largest absolute Gasteiger partial charge is 0.394 e. The molecule has 0 fully saturated rings. The van der Waals surface area contributed by atoms with Crippen LogP contribution in [0.15, 0.2) is 54.9 Å².